The molecule has 2 aromatic carbocycles. The highest BCUT2D eigenvalue weighted by Gasteiger charge is 2.08. The van der Waals surface area contributed by atoms with Crippen LogP contribution in [0.1, 0.15) is 15.9 Å². The molecule has 2 N–H and O–H groups in total. The lowest BCUT2D eigenvalue weighted by Gasteiger charge is -2.11. The van der Waals surface area contributed by atoms with Crippen LogP contribution in [0.3, 0.4) is 0 Å². The minimum atomic E-state index is -0.269. The highest BCUT2D eigenvalue weighted by molar-refractivity contribution is 9.10. The zero-order valence-corrected chi connectivity index (χ0v) is 14.5. The quantitative estimate of drug-likeness (QED) is 0.795. The number of halogens is 1. The van der Waals surface area contributed by atoms with Gasteiger partial charge < -0.3 is 10.1 Å². The lowest BCUT2D eigenvalue weighted by molar-refractivity contribution is 0.0977. The fourth-order valence-corrected chi connectivity index (χ4v) is 2.26. The molecule has 0 heterocycles. The van der Waals surface area contributed by atoms with Crippen LogP contribution in [-0.2, 0) is 0 Å². The Morgan fingerprint density at radius 3 is 2.45 bits per heavy atom. The van der Waals surface area contributed by atoms with Gasteiger partial charge in [0, 0.05) is 15.7 Å². The largest absolute Gasteiger partial charge is 0.497 e. The number of carbonyl (C=O) groups excluding carboxylic acids is 1. The normalized spacial score (nSPS) is 9.95. The van der Waals surface area contributed by atoms with Crippen molar-refractivity contribution in [2.24, 2.45) is 0 Å². The van der Waals surface area contributed by atoms with Crippen LogP contribution < -0.4 is 15.4 Å². The van der Waals surface area contributed by atoms with Gasteiger partial charge in [0.05, 0.1) is 7.11 Å². The summed E-state index contributed by atoms with van der Waals surface area (Å²) in [6.07, 6.45) is 0. The monoisotopic (exact) mass is 378 g/mol. The van der Waals surface area contributed by atoms with Gasteiger partial charge in [-0.15, -0.1) is 0 Å². The molecule has 4 nitrogen and oxygen atoms in total. The van der Waals surface area contributed by atoms with Crippen LogP contribution in [0.25, 0.3) is 0 Å². The second-order valence-electron chi connectivity index (χ2n) is 4.60. The van der Waals surface area contributed by atoms with Crippen molar-refractivity contribution in [1.82, 2.24) is 5.32 Å². The van der Waals surface area contributed by atoms with E-state index in [0.29, 0.717) is 11.3 Å². The van der Waals surface area contributed by atoms with E-state index in [9.17, 15) is 4.79 Å². The van der Waals surface area contributed by atoms with E-state index in [1.165, 1.54) is 0 Å². The SMILES string of the molecule is COc1ccc(C(=O)NC(=S)Nc2ccc(Br)c(C)c2)cc1. The minimum absolute atomic E-state index is 0.252. The molecular formula is C16H15BrN2O2S. The molecule has 0 aliphatic heterocycles. The van der Waals surface area contributed by atoms with Crippen molar-refractivity contribution in [3.05, 3.63) is 58.1 Å². The molecule has 0 saturated heterocycles. The van der Waals surface area contributed by atoms with Crippen LogP contribution in [0.2, 0.25) is 0 Å². The zero-order chi connectivity index (χ0) is 16.1. The maximum Gasteiger partial charge on any atom is 0.257 e. The minimum Gasteiger partial charge on any atom is -0.497 e. The summed E-state index contributed by atoms with van der Waals surface area (Å²) in [4.78, 5) is 12.1. The Morgan fingerprint density at radius 2 is 1.86 bits per heavy atom. The summed E-state index contributed by atoms with van der Waals surface area (Å²) >= 11 is 8.60. The summed E-state index contributed by atoms with van der Waals surface area (Å²) in [5, 5.41) is 5.88. The van der Waals surface area contributed by atoms with Crippen molar-refractivity contribution < 1.29 is 9.53 Å². The van der Waals surface area contributed by atoms with Crippen molar-refractivity contribution in [3.8, 4) is 5.75 Å². The summed E-state index contributed by atoms with van der Waals surface area (Å²) in [6, 6.07) is 12.6. The Labute approximate surface area is 143 Å². The van der Waals surface area contributed by atoms with E-state index in [1.54, 1.807) is 31.4 Å². The first kappa shape index (κ1) is 16.5. The van der Waals surface area contributed by atoms with E-state index < -0.39 is 0 Å². The van der Waals surface area contributed by atoms with Crippen molar-refractivity contribution in [1.29, 1.82) is 0 Å². The van der Waals surface area contributed by atoms with E-state index >= 15 is 0 Å². The van der Waals surface area contributed by atoms with Gasteiger partial charge in [-0.05, 0) is 67.2 Å². The molecule has 0 unspecified atom stereocenters. The Balaban J connectivity index is 1.98. The average Bonchev–Trinajstić information content (AvgIpc) is 2.51. The first-order chi connectivity index (χ1) is 10.5. The van der Waals surface area contributed by atoms with Gasteiger partial charge in [-0.2, -0.15) is 0 Å². The molecule has 0 bridgehead atoms. The Kier molecular flexibility index (Phi) is 5.51. The lowest BCUT2D eigenvalue weighted by atomic mass is 10.2. The molecule has 1 amide bonds. The number of thiocarbonyl (C=S) groups is 1. The molecule has 114 valence electrons. The van der Waals surface area contributed by atoms with Gasteiger partial charge in [0.15, 0.2) is 5.11 Å². The number of hydrogen-bond donors (Lipinski definition) is 2. The van der Waals surface area contributed by atoms with E-state index in [1.807, 2.05) is 25.1 Å². The summed E-state index contributed by atoms with van der Waals surface area (Å²) in [6.45, 7) is 1.98. The summed E-state index contributed by atoms with van der Waals surface area (Å²) in [7, 11) is 1.58. The highest BCUT2D eigenvalue weighted by Crippen LogP contribution is 2.20. The van der Waals surface area contributed by atoms with Crippen molar-refractivity contribution in [2.45, 2.75) is 6.92 Å². The van der Waals surface area contributed by atoms with Crippen LogP contribution in [0.4, 0.5) is 5.69 Å². The standard InChI is InChI=1S/C16H15BrN2O2S/c1-10-9-12(5-8-14(10)17)18-16(22)19-15(20)11-3-6-13(21-2)7-4-11/h3-9H,1-2H3,(H2,18,19,20,22). The third-order valence-corrected chi connectivity index (χ3v) is 4.09. The average molecular weight is 379 g/mol. The van der Waals surface area contributed by atoms with Gasteiger partial charge in [0.2, 0.25) is 0 Å². The second kappa shape index (κ2) is 7.38. The molecule has 22 heavy (non-hydrogen) atoms. The van der Waals surface area contributed by atoms with Gasteiger partial charge in [-0.25, -0.2) is 0 Å². The number of benzene rings is 2. The topological polar surface area (TPSA) is 50.4 Å². The van der Waals surface area contributed by atoms with Crippen molar-refractivity contribution in [3.63, 3.8) is 0 Å². The zero-order valence-electron chi connectivity index (χ0n) is 12.1. The van der Waals surface area contributed by atoms with Crippen LogP contribution in [0, 0.1) is 6.92 Å². The highest BCUT2D eigenvalue weighted by atomic mass is 79.9. The second-order valence-corrected chi connectivity index (χ2v) is 5.86. The lowest BCUT2D eigenvalue weighted by Crippen LogP contribution is -2.34. The molecule has 0 saturated carbocycles. The first-order valence-corrected chi connectivity index (χ1v) is 7.72. The predicted octanol–water partition coefficient (Wildman–Crippen LogP) is 3.89. The van der Waals surface area contributed by atoms with Crippen molar-refractivity contribution in [2.75, 3.05) is 12.4 Å². The molecular weight excluding hydrogens is 364 g/mol. The number of carbonyl (C=O) groups is 1. The number of amides is 1. The van der Waals surface area contributed by atoms with E-state index in [0.717, 1.165) is 15.7 Å². The van der Waals surface area contributed by atoms with Gasteiger partial charge in [-0.3, -0.25) is 10.1 Å². The van der Waals surface area contributed by atoms with Gasteiger partial charge in [0.1, 0.15) is 5.75 Å². The van der Waals surface area contributed by atoms with Crippen LogP contribution in [0.15, 0.2) is 46.9 Å². The summed E-state index contributed by atoms with van der Waals surface area (Å²) < 4.78 is 6.08. The molecule has 0 spiro atoms. The molecule has 0 atom stereocenters. The Bertz CT molecular complexity index is 702. The van der Waals surface area contributed by atoms with Crippen LogP contribution in [0.5, 0.6) is 5.75 Å². The molecule has 0 aliphatic rings. The van der Waals surface area contributed by atoms with E-state index in [2.05, 4.69) is 26.6 Å². The van der Waals surface area contributed by atoms with E-state index in [-0.39, 0.29) is 11.0 Å². The summed E-state index contributed by atoms with van der Waals surface area (Å²) in [5.74, 6) is 0.427. The van der Waals surface area contributed by atoms with E-state index in [4.69, 9.17) is 17.0 Å². The van der Waals surface area contributed by atoms with Gasteiger partial charge >= 0.3 is 0 Å². The smallest absolute Gasteiger partial charge is 0.257 e. The Morgan fingerprint density at radius 1 is 1.18 bits per heavy atom. The molecule has 2 aromatic rings. The molecule has 0 aliphatic carbocycles. The fourth-order valence-electron chi connectivity index (χ4n) is 1.80. The maximum absolute atomic E-state index is 12.1. The fraction of sp³-hybridized carbons (Fsp3) is 0.125. The molecule has 0 radical (unpaired) electrons. The first-order valence-electron chi connectivity index (χ1n) is 6.52. The van der Waals surface area contributed by atoms with Gasteiger partial charge in [0.25, 0.3) is 5.91 Å². The third-order valence-electron chi connectivity index (χ3n) is 3.00. The van der Waals surface area contributed by atoms with Crippen LogP contribution >= 0.6 is 28.1 Å². The van der Waals surface area contributed by atoms with Gasteiger partial charge in [-0.1, -0.05) is 15.9 Å². The predicted molar refractivity (Wildman–Crippen MR) is 95.6 cm³/mol. The van der Waals surface area contributed by atoms with Crippen LogP contribution in [-0.4, -0.2) is 18.1 Å². The number of anilines is 1. The number of methoxy groups -OCH3 is 1. The Hall–Kier alpha value is -1.92. The number of aryl methyl sites for hydroxylation is 1. The molecule has 2 rings (SSSR count). The number of nitrogens with one attached hydrogen (secondary N) is 2. The molecule has 0 aromatic heterocycles. The molecule has 0 fully saturated rings. The molecule has 6 heteroatoms. The third kappa shape index (κ3) is 4.29. The summed E-state index contributed by atoms with van der Waals surface area (Å²) in [5.41, 5.74) is 2.41. The number of rotatable bonds is 3. The maximum atomic E-state index is 12.1. The van der Waals surface area contributed by atoms with Crippen molar-refractivity contribution >= 4 is 44.9 Å². The number of ether oxygens (including phenoxy) is 1. The number of hydrogen-bond acceptors (Lipinski definition) is 3.